The predicted molar refractivity (Wildman–Crippen MR) is 123 cm³/mol. The van der Waals surface area contributed by atoms with Gasteiger partial charge in [-0.25, -0.2) is 14.0 Å². The van der Waals surface area contributed by atoms with Crippen LogP contribution in [0.5, 0.6) is 5.75 Å². The summed E-state index contributed by atoms with van der Waals surface area (Å²) in [7, 11) is 1.09. The second-order valence-electron chi connectivity index (χ2n) is 8.22. The molecule has 16 heteroatoms. The van der Waals surface area contributed by atoms with Gasteiger partial charge in [0, 0.05) is 38.2 Å². The van der Waals surface area contributed by atoms with Crippen LogP contribution in [-0.2, 0) is 12.4 Å². The Morgan fingerprint density at radius 1 is 1.05 bits per heavy atom. The van der Waals surface area contributed by atoms with Crippen LogP contribution in [0.25, 0.3) is 0 Å². The van der Waals surface area contributed by atoms with Crippen LogP contribution in [-0.4, -0.2) is 47.4 Å². The number of nitrogens with zero attached hydrogens (tertiary/aromatic N) is 5. The molecular formula is C24H16F7N5O4. The van der Waals surface area contributed by atoms with E-state index in [0.29, 0.717) is 9.80 Å². The van der Waals surface area contributed by atoms with E-state index in [0.717, 1.165) is 36.2 Å². The monoisotopic (exact) mass is 571 g/mol. The Kier molecular flexibility index (Phi) is 7.33. The lowest BCUT2D eigenvalue weighted by Gasteiger charge is -2.25. The largest absolute Gasteiger partial charge is 0.420 e. The molecule has 1 aliphatic heterocycles. The maximum Gasteiger partial charge on any atom is 0.420 e. The van der Waals surface area contributed by atoms with Crippen molar-refractivity contribution in [1.29, 1.82) is 0 Å². The molecule has 0 saturated carbocycles. The third-order valence-corrected chi connectivity index (χ3v) is 5.50. The molecule has 1 aromatic heterocycles. The number of hydrogen-bond acceptors (Lipinski definition) is 6. The van der Waals surface area contributed by atoms with Gasteiger partial charge in [-0.2, -0.15) is 26.3 Å². The zero-order chi connectivity index (χ0) is 29.4. The second kappa shape index (κ2) is 10.4. The molecule has 0 N–H and O–H groups in total. The molecule has 1 saturated heterocycles. The van der Waals surface area contributed by atoms with E-state index in [1.165, 1.54) is 6.92 Å². The highest BCUT2D eigenvalue weighted by Gasteiger charge is 2.44. The van der Waals surface area contributed by atoms with Crippen molar-refractivity contribution in [3.8, 4) is 17.7 Å². The number of benzene rings is 2. The van der Waals surface area contributed by atoms with Gasteiger partial charge in [-0.15, -0.1) is 5.10 Å². The summed E-state index contributed by atoms with van der Waals surface area (Å²) in [5.74, 6) is 0.360. The topological polar surface area (TPSA) is 92.0 Å². The van der Waals surface area contributed by atoms with E-state index < -0.39 is 59.4 Å². The summed E-state index contributed by atoms with van der Waals surface area (Å²) in [6.07, 6.45) is -12.1. The van der Waals surface area contributed by atoms with Gasteiger partial charge < -0.3 is 9.15 Å². The molecule has 3 amide bonds. The van der Waals surface area contributed by atoms with Crippen LogP contribution in [0.15, 0.2) is 40.8 Å². The highest BCUT2D eigenvalue weighted by molar-refractivity contribution is 5.98. The zero-order valence-electron chi connectivity index (χ0n) is 20.4. The Morgan fingerprint density at radius 3 is 2.30 bits per heavy atom. The lowest BCUT2D eigenvalue weighted by molar-refractivity contribution is -0.143. The van der Waals surface area contributed by atoms with Gasteiger partial charge in [0.25, 0.3) is 5.89 Å². The number of hydrogen-bond donors (Lipinski definition) is 0. The quantitative estimate of drug-likeness (QED) is 0.307. The van der Waals surface area contributed by atoms with Crippen molar-refractivity contribution in [3.63, 3.8) is 0 Å². The molecule has 210 valence electrons. The minimum absolute atomic E-state index is 0.00313. The molecule has 0 aliphatic carbocycles. The van der Waals surface area contributed by atoms with E-state index in [4.69, 9.17) is 9.15 Å². The first kappa shape index (κ1) is 28.2. The van der Waals surface area contributed by atoms with Crippen LogP contribution >= 0.6 is 0 Å². The summed E-state index contributed by atoms with van der Waals surface area (Å²) < 4.78 is 106. The van der Waals surface area contributed by atoms with Gasteiger partial charge in [0.05, 0.1) is 17.8 Å². The number of carbonyl (C=O) groups is 2. The minimum atomic E-state index is -5.43. The van der Waals surface area contributed by atoms with Crippen molar-refractivity contribution in [1.82, 2.24) is 15.1 Å². The Bertz CT molecular complexity index is 1510. The van der Waals surface area contributed by atoms with E-state index in [9.17, 15) is 40.3 Å². The first-order valence-electron chi connectivity index (χ1n) is 11.1. The van der Waals surface area contributed by atoms with Crippen molar-refractivity contribution in [2.75, 3.05) is 29.9 Å². The van der Waals surface area contributed by atoms with Gasteiger partial charge in [0.1, 0.15) is 11.4 Å². The van der Waals surface area contributed by atoms with Crippen LogP contribution in [0.1, 0.15) is 22.9 Å². The van der Waals surface area contributed by atoms with Crippen molar-refractivity contribution in [2.24, 2.45) is 0 Å². The van der Waals surface area contributed by atoms with Crippen LogP contribution in [0.2, 0.25) is 0 Å². The van der Waals surface area contributed by atoms with Crippen molar-refractivity contribution in [3.05, 3.63) is 65.1 Å². The number of aromatic nitrogens is 2. The average molecular weight is 571 g/mol. The Morgan fingerprint density at radius 2 is 1.73 bits per heavy atom. The molecule has 3 aromatic rings. The number of urea groups is 1. The lowest BCUT2D eigenvalue weighted by Crippen LogP contribution is -2.33. The molecule has 4 rings (SSSR count). The van der Waals surface area contributed by atoms with E-state index >= 15 is 0 Å². The predicted octanol–water partition coefficient (Wildman–Crippen LogP) is 5.44. The molecule has 9 nitrogen and oxygen atoms in total. The fourth-order valence-corrected chi connectivity index (χ4v) is 3.55. The summed E-state index contributed by atoms with van der Waals surface area (Å²) >= 11 is 0. The fraction of sp³-hybridized carbons (Fsp3) is 0.250. The maximum absolute atomic E-state index is 14.0. The van der Waals surface area contributed by atoms with Crippen molar-refractivity contribution >= 4 is 23.5 Å². The summed E-state index contributed by atoms with van der Waals surface area (Å²) in [4.78, 5) is 27.9. The third-order valence-electron chi connectivity index (χ3n) is 5.50. The molecule has 2 aromatic carbocycles. The third kappa shape index (κ3) is 5.92. The molecule has 0 atom stereocenters. The minimum Gasteiger partial charge on any atom is -0.415 e. The molecule has 0 bridgehead atoms. The van der Waals surface area contributed by atoms with Crippen LogP contribution in [0.4, 0.5) is 51.7 Å². The standard InChI is InChI=1S/C24H16F7N5O4/c1-13-32-33-19(39-13)7-8-35-9-10-36(21(35)37)18-12-14(23(26,27)28)11-17(24(29,30)31)20(18)40-22(38)34(2)16-5-3-15(25)4-6-16/h3-6,11-12H,9-10H2,1-2H3. The highest BCUT2D eigenvalue weighted by atomic mass is 19.4. The van der Waals surface area contributed by atoms with Crippen LogP contribution < -0.4 is 14.5 Å². The van der Waals surface area contributed by atoms with Gasteiger partial charge in [0.15, 0.2) is 5.75 Å². The number of anilines is 2. The number of carbonyl (C=O) groups excluding carboxylic acids is 2. The lowest BCUT2D eigenvalue weighted by atomic mass is 10.1. The number of alkyl halides is 6. The number of aryl methyl sites for hydroxylation is 1. The molecule has 40 heavy (non-hydrogen) atoms. The molecule has 0 unspecified atom stereocenters. The van der Waals surface area contributed by atoms with Gasteiger partial charge in [0.2, 0.25) is 5.89 Å². The normalized spacial score (nSPS) is 13.8. The van der Waals surface area contributed by atoms with Crippen molar-refractivity contribution < 1.29 is 49.5 Å². The molecule has 1 fully saturated rings. The fourth-order valence-electron chi connectivity index (χ4n) is 3.55. The van der Waals surface area contributed by atoms with Crippen LogP contribution in [0, 0.1) is 24.7 Å². The Balaban J connectivity index is 1.77. The van der Waals surface area contributed by atoms with Gasteiger partial charge in [-0.05, 0) is 36.4 Å². The van der Waals surface area contributed by atoms with E-state index in [1.54, 1.807) is 0 Å². The average Bonchev–Trinajstić information content (AvgIpc) is 3.46. The van der Waals surface area contributed by atoms with E-state index in [-0.39, 0.29) is 36.1 Å². The molecule has 0 spiro atoms. The smallest absolute Gasteiger partial charge is 0.415 e. The second-order valence-corrected chi connectivity index (χ2v) is 8.22. The summed E-state index contributed by atoms with van der Waals surface area (Å²) in [5, 5.41) is 7.15. The molecule has 1 aliphatic rings. The van der Waals surface area contributed by atoms with Crippen LogP contribution in [0.3, 0.4) is 0 Å². The number of rotatable bonds is 3. The summed E-state index contributed by atoms with van der Waals surface area (Å²) in [6.45, 7) is 0.829. The first-order chi connectivity index (χ1) is 18.6. The molecule has 0 radical (unpaired) electrons. The first-order valence-corrected chi connectivity index (χ1v) is 11.1. The van der Waals surface area contributed by atoms with E-state index in [2.05, 4.69) is 22.2 Å². The van der Waals surface area contributed by atoms with Gasteiger partial charge >= 0.3 is 24.5 Å². The Hall–Kier alpha value is -4.81. The number of halogens is 7. The van der Waals surface area contributed by atoms with Gasteiger partial charge in [-0.3, -0.25) is 14.7 Å². The molecular weight excluding hydrogens is 555 g/mol. The SMILES string of the molecule is Cc1nnc(C#CN2CCN(c3cc(C(F)(F)F)cc(C(F)(F)F)c3OC(=O)N(C)c3ccc(F)cc3)C2=O)o1. The Labute approximate surface area is 220 Å². The highest BCUT2D eigenvalue weighted by Crippen LogP contribution is 2.47. The summed E-state index contributed by atoms with van der Waals surface area (Å²) in [6, 6.07) is 5.50. The maximum atomic E-state index is 14.0. The summed E-state index contributed by atoms with van der Waals surface area (Å²) in [5.41, 5.74) is -4.65. The zero-order valence-corrected chi connectivity index (χ0v) is 20.4. The van der Waals surface area contributed by atoms with E-state index in [1.807, 2.05) is 0 Å². The van der Waals surface area contributed by atoms with Gasteiger partial charge in [-0.1, -0.05) is 5.10 Å². The van der Waals surface area contributed by atoms with Crippen molar-refractivity contribution in [2.45, 2.75) is 19.3 Å². The molecule has 2 heterocycles. The number of amides is 3. The number of ether oxygens (including phenoxy) is 1.